The third-order valence-corrected chi connectivity index (χ3v) is 22.3. The lowest BCUT2D eigenvalue weighted by Crippen LogP contribution is -2.26. The Hall–Kier alpha value is -7.66. The van der Waals surface area contributed by atoms with Crippen LogP contribution in [0.3, 0.4) is 0 Å². The van der Waals surface area contributed by atoms with E-state index in [-0.39, 0.29) is 0 Å². The first-order chi connectivity index (χ1) is 39.9. The van der Waals surface area contributed by atoms with Crippen molar-refractivity contribution in [3.8, 4) is 0 Å². The normalized spacial score (nSPS) is 10.8. The van der Waals surface area contributed by atoms with Crippen LogP contribution >= 0.6 is 23.8 Å². The number of hydrogen-bond acceptors (Lipinski definition) is 7. The van der Waals surface area contributed by atoms with E-state index in [2.05, 4.69) is 273 Å². The zero-order valence-corrected chi connectivity index (χ0v) is 49.7. The lowest BCUT2D eigenvalue weighted by Gasteiger charge is -2.13. The Labute approximate surface area is 488 Å². The molecule has 0 bridgehead atoms. The van der Waals surface area contributed by atoms with Crippen LogP contribution in [0.5, 0.6) is 0 Å². The van der Waals surface area contributed by atoms with E-state index in [9.17, 15) is 32.8 Å². The summed E-state index contributed by atoms with van der Waals surface area (Å²) in [4.78, 5) is 19.9. The summed E-state index contributed by atoms with van der Waals surface area (Å²) in [6, 6.07) is 100. The fourth-order valence-corrected chi connectivity index (χ4v) is 18.5. The van der Waals surface area contributed by atoms with Crippen molar-refractivity contribution in [2.75, 3.05) is 0 Å². The number of aromatic carboxylic acids is 2. The van der Waals surface area contributed by atoms with Gasteiger partial charge < -0.3 is 24.4 Å². The smallest absolute Gasteiger partial charge is 0.124 e. The summed E-state index contributed by atoms with van der Waals surface area (Å²) in [6.07, 6.45) is 11.1. The number of carbonyl (C=O) groups is 2. The number of carboxylic acid groups (broad SMARTS) is 2. The van der Waals surface area contributed by atoms with E-state index in [0.717, 1.165) is 0 Å². The fourth-order valence-electron chi connectivity index (χ4n) is 9.50. The highest BCUT2D eigenvalue weighted by molar-refractivity contribution is 7.85. The standard InChI is InChI=1S/3C21H21P.C8H6O7S/c3*1-4-10-19(11-5-1)16-22(17-20-12-6-2-7-13-20)18-21-14-8-3-9-15-21;9-7(10)4-1-5(8(11)12)3-6(2-4)16(13,14)15/h3*1-15H,16-18H2;1-3H,(H,9,10)(H,11,12)(H,13,14,15). The Morgan fingerprint density at radius 2 is 0.415 bits per heavy atom. The highest BCUT2D eigenvalue weighted by Gasteiger charge is 2.21. The Morgan fingerprint density at radius 1 is 0.268 bits per heavy atom. The van der Waals surface area contributed by atoms with E-state index in [0.29, 0.717) is 18.2 Å². The molecule has 10 rings (SSSR count). The molecular formula is C71H69O7P3S. The van der Waals surface area contributed by atoms with Crippen LogP contribution in [0.2, 0.25) is 0 Å². The van der Waals surface area contributed by atoms with Crippen molar-refractivity contribution in [3.63, 3.8) is 0 Å². The average molecular weight is 1160 g/mol. The molecule has 0 N–H and O–H groups in total. The number of hydrogen-bond donors (Lipinski definition) is 0. The molecule has 11 heteroatoms. The zero-order chi connectivity index (χ0) is 57.6. The van der Waals surface area contributed by atoms with Gasteiger partial charge in [-0.15, -0.1) is 0 Å². The molecule has 10 aromatic rings. The summed E-state index contributed by atoms with van der Waals surface area (Å²) < 4.78 is 31.8. The van der Waals surface area contributed by atoms with Crippen LogP contribution in [-0.4, -0.2) is 24.9 Å². The van der Waals surface area contributed by atoms with Gasteiger partial charge in [-0.3, -0.25) is 0 Å². The molecular weight excluding hydrogens is 1090 g/mol. The van der Waals surface area contributed by atoms with Gasteiger partial charge in [0.05, 0.1) is 72.3 Å². The summed E-state index contributed by atoms with van der Waals surface area (Å²) in [6.45, 7) is 0. The van der Waals surface area contributed by atoms with Crippen molar-refractivity contribution >= 4 is 45.8 Å². The van der Waals surface area contributed by atoms with Gasteiger partial charge in [-0.1, -0.05) is 273 Å². The highest BCUT2D eigenvalue weighted by atomic mass is 32.2. The molecule has 0 spiro atoms. The Balaban J connectivity index is 0.000000159. The van der Waals surface area contributed by atoms with E-state index in [1.54, 1.807) is 0 Å². The monoisotopic (exact) mass is 1160 g/mol. The van der Waals surface area contributed by atoms with Gasteiger partial charge in [0.15, 0.2) is 0 Å². The van der Waals surface area contributed by atoms with Gasteiger partial charge in [0.2, 0.25) is 0 Å². The van der Waals surface area contributed by atoms with E-state index in [4.69, 9.17) is 0 Å². The van der Waals surface area contributed by atoms with E-state index >= 15 is 0 Å². The highest BCUT2D eigenvalue weighted by Crippen LogP contribution is 2.48. The Morgan fingerprint density at radius 3 is 0.537 bits per heavy atom. The lowest BCUT2D eigenvalue weighted by molar-refractivity contribution is -0.255. The van der Waals surface area contributed by atoms with Gasteiger partial charge in [-0.2, -0.15) is 0 Å². The van der Waals surface area contributed by atoms with Crippen LogP contribution in [0.1, 0.15) is 70.8 Å². The fraction of sp³-hybridized carbons (Fsp3) is 0.127. The first kappa shape index (κ1) is 61.9. The van der Waals surface area contributed by atoms with E-state index in [1.807, 2.05) is 0 Å². The second-order valence-electron chi connectivity index (χ2n) is 20.0. The topological polar surface area (TPSA) is 137 Å². The van der Waals surface area contributed by atoms with Crippen LogP contribution in [0.25, 0.3) is 0 Å². The lowest BCUT2D eigenvalue weighted by atomic mass is 10.1. The molecule has 0 saturated carbocycles. The van der Waals surface area contributed by atoms with E-state index < -0.39 is 61.8 Å². The van der Waals surface area contributed by atoms with Gasteiger partial charge in [0.1, 0.15) is 10.1 Å². The molecule has 0 atom stereocenters. The molecule has 416 valence electrons. The van der Waals surface area contributed by atoms with Crippen LogP contribution in [0, 0.1) is 0 Å². The third kappa shape index (κ3) is 23.1. The Kier molecular flexibility index (Phi) is 25.6. The van der Waals surface area contributed by atoms with Crippen LogP contribution in [0.15, 0.2) is 296 Å². The maximum atomic E-state index is 10.6. The van der Waals surface area contributed by atoms with Gasteiger partial charge in [0, 0.05) is 23.8 Å². The molecule has 0 fully saturated rings. The van der Waals surface area contributed by atoms with Gasteiger partial charge in [-0.25, -0.2) is 8.42 Å². The number of benzene rings is 10. The van der Waals surface area contributed by atoms with Crippen molar-refractivity contribution < 1.29 is 32.8 Å². The maximum Gasteiger partial charge on any atom is 0.124 e. The summed E-state index contributed by atoms with van der Waals surface area (Å²) in [7, 11) is -6.45. The van der Waals surface area contributed by atoms with Gasteiger partial charge >= 0.3 is 0 Å². The second kappa shape index (κ2) is 33.9. The summed E-state index contributed by atoms with van der Waals surface area (Å²) >= 11 is 0. The molecule has 0 amide bonds. The summed E-state index contributed by atoms with van der Waals surface area (Å²) in [5.41, 5.74) is 11.8. The largest absolute Gasteiger partial charge is 0.744 e. The van der Waals surface area contributed by atoms with Crippen molar-refractivity contribution in [1.82, 2.24) is 0 Å². The van der Waals surface area contributed by atoms with Crippen molar-refractivity contribution in [1.29, 1.82) is 0 Å². The van der Waals surface area contributed by atoms with Crippen LogP contribution in [-0.2, 0) is 65.6 Å². The first-order valence-corrected chi connectivity index (χ1v) is 35.1. The third-order valence-electron chi connectivity index (χ3n) is 13.3. The molecule has 0 unspecified atom stereocenters. The van der Waals surface area contributed by atoms with Crippen molar-refractivity contribution in [3.05, 3.63) is 352 Å². The summed E-state index contributed by atoms with van der Waals surface area (Å²) in [5, 5.41) is 20.9. The van der Waals surface area contributed by atoms with Crippen molar-refractivity contribution in [2.24, 2.45) is 0 Å². The number of carboxylic acids is 2. The van der Waals surface area contributed by atoms with Gasteiger partial charge in [-0.05, 0) is 79.4 Å². The minimum atomic E-state index is -4.95. The molecule has 0 radical (unpaired) electrons. The minimum Gasteiger partial charge on any atom is -0.744 e. The molecule has 0 saturated heterocycles. The quantitative estimate of drug-likeness (QED) is 0.0516. The maximum absolute atomic E-state index is 10.6. The molecule has 0 aliphatic heterocycles. The van der Waals surface area contributed by atoms with Crippen LogP contribution < -0.4 is 10.2 Å². The molecule has 0 heterocycles. The summed E-state index contributed by atoms with van der Waals surface area (Å²) in [5.74, 6) is -3.60. The second-order valence-corrected chi connectivity index (χ2v) is 29.0. The number of carbonyl (C=O) groups excluding carboxylic acids is 2. The van der Waals surface area contributed by atoms with Gasteiger partial charge in [0.25, 0.3) is 0 Å². The minimum absolute atomic E-state index is 0.502. The predicted molar refractivity (Wildman–Crippen MR) is 339 cm³/mol. The zero-order valence-electron chi connectivity index (χ0n) is 45.8. The first-order valence-electron chi connectivity index (χ1n) is 27.3. The molecule has 7 nitrogen and oxygen atoms in total. The molecule has 0 aliphatic carbocycles. The predicted octanol–water partition coefficient (Wildman–Crippen LogP) is 14.7. The molecule has 0 aromatic heterocycles. The number of rotatable bonds is 21. The van der Waals surface area contributed by atoms with Crippen LogP contribution in [0.4, 0.5) is 0 Å². The average Bonchev–Trinajstić information content (AvgIpc) is 3.53. The SMILES string of the molecule is O=C([O-])c1cc(C(=O)[O-])cc(S(=O)(=O)[O-])c1.c1ccc(C[PH+](Cc2ccccc2)Cc2ccccc2)cc1.c1ccc(C[PH+](Cc2ccccc2)Cc2ccccc2)cc1.c1ccc(C[PH+](Cc2ccccc2)Cc2ccccc2)cc1. The molecule has 0 aliphatic rings. The molecule has 82 heavy (non-hydrogen) atoms. The Bertz CT molecular complexity index is 2890. The molecule has 10 aromatic carbocycles. The van der Waals surface area contributed by atoms with E-state index in [1.165, 1.54) is 106 Å². The van der Waals surface area contributed by atoms with Crippen molar-refractivity contribution in [2.45, 2.75) is 60.4 Å².